The van der Waals surface area contributed by atoms with Crippen molar-refractivity contribution in [3.05, 3.63) is 0 Å². The Bertz CT molecular complexity index is 154. The Kier molecular flexibility index (Phi) is 5.38. The lowest BCUT2D eigenvalue weighted by molar-refractivity contribution is 0.114. The second kappa shape index (κ2) is 5.31. The van der Waals surface area contributed by atoms with E-state index in [-0.39, 0.29) is 5.60 Å². The second-order valence-corrected chi connectivity index (χ2v) is 10.1. The van der Waals surface area contributed by atoms with E-state index in [4.69, 9.17) is 4.43 Å². The van der Waals surface area contributed by atoms with Gasteiger partial charge in [0, 0.05) is 5.60 Å². The van der Waals surface area contributed by atoms with Gasteiger partial charge in [-0.25, -0.2) is 0 Å². The summed E-state index contributed by atoms with van der Waals surface area (Å²) in [7, 11) is -1.44. The maximum atomic E-state index is 6.37. The molecule has 0 saturated heterocycles. The average molecular weight is 216 g/mol. The highest BCUT2D eigenvalue weighted by atomic mass is 28.4. The fraction of sp³-hybridized carbons (Fsp3) is 1.00. The molecule has 0 aliphatic heterocycles. The Morgan fingerprint density at radius 2 is 1.50 bits per heavy atom. The molecular formula is C12H28OSi. The van der Waals surface area contributed by atoms with Crippen molar-refractivity contribution in [3.8, 4) is 0 Å². The minimum atomic E-state index is -1.44. The van der Waals surface area contributed by atoms with Crippen LogP contribution in [0.3, 0.4) is 0 Å². The molecule has 86 valence electrons. The van der Waals surface area contributed by atoms with Crippen molar-refractivity contribution in [2.24, 2.45) is 5.92 Å². The molecule has 0 aromatic carbocycles. The van der Waals surface area contributed by atoms with Gasteiger partial charge in [0.25, 0.3) is 0 Å². The third-order valence-electron chi connectivity index (χ3n) is 2.59. The summed E-state index contributed by atoms with van der Waals surface area (Å²) in [6, 6.07) is 3.80. The second-order valence-electron chi connectivity index (χ2n) is 5.70. The lowest BCUT2D eigenvalue weighted by Gasteiger charge is -2.37. The van der Waals surface area contributed by atoms with E-state index in [1.165, 1.54) is 18.1 Å². The van der Waals surface area contributed by atoms with E-state index in [1.54, 1.807) is 0 Å². The Balaban J connectivity index is 4.53. The molecule has 0 amide bonds. The third-order valence-corrected chi connectivity index (χ3v) is 7.77. The van der Waals surface area contributed by atoms with Crippen LogP contribution in [0.25, 0.3) is 0 Å². The maximum absolute atomic E-state index is 6.37. The van der Waals surface area contributed by atoms with Gasteiger partial charge in [-0.3, -0.25) is 0 Å². The first-order valence-corrected chi connectivity index (χ1v) is 8.48. The summed E-state index contributed by atoms with van der Waals surface area (Å²) in [6.45, 7) is 15.7. The lowest BCUT2D eigenvalue weighted by atomic mass is 10.2. The van der Waals surface area contributed by atoms with Crippen molar-refractivity contribution in [1.82, 2.24) is 0 Å². The van der Waals surface area contributed by atoms with Crippen LogP contribution in [-0.2, 0) is 4.43 Å². The van der Waals surface area contributed by atoms with Gasteiger partial charge in [0.1, 0.15) is 0 Å². The monoisotopic (exact) mass is 216 g/mol. The van der Waals surface area contributed by atoms with E-state index in [2.05, 4.69) is 48.5 Å². The summed E-state index contributed by atoms with van der Waals surface area (Å²) in [5.41, 5.74) is 0.0349. The minimum absolute atomic E-state index is 0.0349. The first kappa shape index (κ1) is 14.2. The van der Waals surface area contributed by atoms with Crippen LogP contribution < -0.4 is 0 Å². The molecule has 0 aliphatic carbocycles. The molecule has 0 saturated carbocycles. The highest BCUT2D eigenvalue weighted by molar-refractivity contribution is 6.73. The number of hydrogen-bond donors (Lipinski definition) is 0. The molecule has 1 nitrogen and oxygen atoms in total. The van der Waals surface area contributed by atoms with E-state index in [0.717, 1.165) is 5.92 Å². The van der Waals surface area contributed by atoms with Crippen LogP contribution in [0, 0.1) is 5.92 Å². The van der Waals surface area contributed by atoms with E-state index in [0.29, 0.717) is 0 Å². The molecule has 0 rings (SSSR count). The summed E-state index contributed by atoms with van der Waals surface area (Å²) in [4.78, 5) is 0. The quantitative estimate of drug-likeness (QED) is 0.617. The SMILES string of the molecule is CC[Si](CC)(CC(C)C)OC(C)(C)C. The van der Waals surface area contributed by atoms with Crippen LogP contribution in [0.15, 0.2) is 0 Å². The molecule has 0 heterocycles. The van der Waals surface area contributed by atoms with Gasteiger partial charge >= 0.3 is 0 Å². The zero-order chi connectivity index (χ0) is 11.4. The van der Waals surface area contributed by atoms with Crippen molar-refractivity contribution >= 4 is 8.32 Å². The summed E-state index contributed by atoms with van der Waals surface area (Å²) < 4.78 is 6.37. The van der Waals surface area contributed by atoms with Crippen LogP contribution >= 0.6 is 0 Å². The van der Waals surface area contributed by atoms with Crippen molar-refractivity contribution in [3.63, 3.8) is 0 Å². The highest BCUT2D eigenvalue weighted by Crippen LogP contribution is 2.30. The molecule has 0 radical (unpaired) electrons. The topological polar surface area (TPSA) is 9.23 Å². The molecule has 2 heteroatoms. The first-order valence-electron chi connectivity index (χ1n) is 5.95. The lowest BCUT2D eigenvalue weighted by Crippen LogP contribution is -2.44. The van der Waals surface area contributed by atoms with Gasteiger partial charge in [-0.1, -0.05) is 27.7 Å². The smallest absolute Gasteiger partial charge is 0.193 e. The Hall–Kier alpha value is 0.177. The van der Waals surface area contributed by atoms with Gasteiger partial charge in [-0.05, 0) is 44.8 Å². The largest absolute Gasteiger partial charge is 0.412 e. The van der Waals surface area contributed by atoms with Crippen LogP contribution in [0.5, 0.6) is 0 Å². The van der Waals surface area contributed by atoms with E-state index < -0.39 is 8.32 Å². The van der Waals surface area contributed by atoms with E-state index in [9.17, 15) is 0 Å². The fourth-order valence-corrected chi connectivity index (χ4v) is 6.35. The van der Waals surface area contributed by atoms with Crippen LogP contribution in [0.2, 0.25) is 18.1 Å². The molecule has 0 aromatic rings. The molecule has 0 atom stereocenters. The zero-order valence-electron chi connectivity index (χ0n) is 11.1. The Labute approximate surface area is 91.4 Å². The molecule has 0 N–H and O–H groups in total. The average Bonchev–Trinajstić information content (AvgIpc) is 1.99. The predicted molar refractivity (Wildman–Crippen MR) is 67.2 cm³/mol. The number of rotatable bonds is 5. The fourth-order valence-electron chi connectivity index (χ4n) is 2.12. The Morgan fingerprint density at radius 1 is 1.07 bits per heavy atom. The summed E-state index contributed by atoms with van der Waals surface area (Å²) >= 11 is 0. The number of hydrogen-bond acceptors (Lipinski definition) is 1. The maximum Gasteiger partial charge on any atom is 0.193 e. The molecular weight excluding hydrogens is 188 g/mol. The normalized spacial score (nSPS) is 13.7. The molecule has 0 spiro atoms. The molecule has 14 heavy (non-hydrogen) atoms. The van der Waals surface area contributed by atoms with Gasteiger partial charge < -0.3 is 4.43 Å². The van der Waals surface area contributed by atoms with Crippen LogP contribution in [-0.4, -0.2) is 13.9 Å². The summed E-state index contributed by atoms with van der Waals surface area (Å²) in [5.74, 6) is 0.768. The minimum Gasteiger partial charge on any atom is -0.412 e. The molecule has 0 bridgehead atoms. The standard InChI is InChI=1S/C12H28OSi/c1-8-14(9-2,10-11(3)4)13-12(5,6)7/h11H,8-10H2,1-7H3. The molecule has 0 aliphatic rings. The van der Waals surface area contributed by atoms with Crippen LogP contribution in [0.4, 0.5) is 0 Å². The first-order chi connectivity index (χ1) is 6.24. The highest BCUT2D eigenvalue weighted by Gasteiger charge is 2.35. The van der Waals surface area contributed by atoms with E-state index in [1.807, 2.05) is 0 Å². The predicted octanol–water partition coefficient (Wildman–Crippen LogP) is 4.44. The van der Waals surface area contributed by atoms with Gasteiger partial charge in [0.05, 0.1) is 0 Å². The van der Waals surface area contributed by atoms with Crippen molar-refractivity contribution in [2.75, 3.05) is 0 Å². The van der Waals surface area contributed by atoms with Crippen molar-refractivity contribution in [2.45, 2.75) is 72.2 Å². The Morgan fingerprint density at radius 3 is 1.71 bits per heavy atom. The third kappa shape index (κ3) is 5.16. The summed E-state index contributed by atoms with van der Waals surface area (Å²) in [5, 5.41) is 0. The van der Waals surface area contributed by atoms with E-state index >= 15 is 0 Å². The molecule has 0 aromatic heterocycles. The van der Waals surface area contributed by atoms with Gasteiger partial charge in [-0.15, -0.1) is 0 Å². The molecule has 0 fully saturated rings. The van der Waals surface area contributed by atoms with Crippen molar-refractivity contribution < 1.29 is 4.43 Å². The zero-order valence-corrected chi connectivity index (χ0v) is 12.1. The van der Waals surface area contributed by atoms with Crippen molar-refractivity contribution in [1.29, 1.82) is 0 Å². The van der Waals surface area contributed by atoms with Gasteiger partial charge in [-0.2, -0.15) is 0 Å². The van der Waals surface area contributed by atoms with Gasteiger partial charge in [0.2, 0.25) is 0 Å². The van der Waals surface area contributed by atoms with Crippen LogP contribution in [0.1, 0.15) is 48.5 Å². The molecule has 0 unspecified atom stereocenters. The summed E-state index contributed by atoms with van der Waals surface area (Å²) in [6.07, 6.45) is 0. The van der Waals surface area contributed by atoms with Gasteiger partial charge in [0.15, 0.2) is 8.32 Å².